The number of halogens is 2. The van der Waals surface area contributed by atoms with Gasteiger partial charge in [-0.1, -0.05) is 29.8 Å². The number of aliphatic hydroxyl groups excluding tert-OH is 1. The van der Waals surface area contributed by atoms with Crippen molar-refractivity contribution in [3.05, 3.63) is 74.6 Å². The molecule has 1 atom stereocenters. The predicted octanol–water partition coefficient (Wildman–Crippen LogP) is 3.78. The summed E-state index contributed by atoms with van der Waals surface area (Å²) in [6.45, 7) is 5.58. The van der Waals surface area contributed by atoms with Crippen molar-refractivity contribution in [3.8, 4) is 17.3 Å². The summed E-state index contributed by atoms with van der Waals surface area (Å²) in [4.78, 5) is 36.3. The van der Waals surface area contributed by atoms with Gasteiger partial charge in [0, 0.05) is 38.4 Å². The molecule has 1 N–H and O–H groups in total. The summed E-state index contributed by atoms with van der Waals surface area (Å²) in [5.41, 5.74) is 1.81. The lowest BCUT2D eigenvalue weighted by Gasteiger charge is -2.15. The highest BCUT2D eigenvalue weighted by atomic mass is 19.3. The van der Waals surface area contributed by atoms with Crippen LogP contribution in [0.1, 0.15) is 43.9 Å². The highest BCUT2D eigenvalue weighted by Gasteiger charge is 2.57. The zero-order valence-electron chi connectivity index (χ0n) is 22.1. The molecular weight excluding hydrogens is 508 g/mol. The van der Waals surface area contributed by atoms with Crippen LogP contribution < -0.4 is 16.0 Å². The second kappa shape index (κ2) is 10.4. The van der Waals surface area contributed by atoms with E-state index >= 15 is 0 Å². The van der Waals surface area contributed by atoms with Crippen molar-refractivity contribution in [2.45, 2.75) is 58.7 Å². The summed E-state index contributed by atoms with van der Waals surface area (Å²) in [6, 6.07) is 10.9. The number of aryl methyl sites for hydroxylation is 1. The van der Waals surface area contributed by atoms with E-state index < -0.39 is 23.1 Å². The first-order valence-corrected chi connectivity index (χ1v) is 13.0. The Balaban J connectivity index is 1.74. The standard InChI is InChI=1S/C28H31F2N5O4/c1-17(2)35-24-22(26(37)33(27(35)38)12-5-13-36)34(15-19-9-7-18(3)8-10-19)23(32-24)21-6-4-11-31-25(21)39-16-20-14-28(20,29)30/h4,6-11,17,20,36H,5,12-16H2,1-3H3/t20-/m1/s1. The van der Waals surface area contributed by atoms with Crippen molar-refractivity contribution in [2.75, 3.05) is 13.2 Å². The molecular formula is C28H31F2N5O4. The van der Waals surface area contributed by atoms with E-state index in [-0.39, 0.29) is 62.2 Å². The quantitative estimate of drug-likeness (QED) is 0.329. The third-order valence-electron chi connectivity index (χ3n) is 6.97. The largest absolute Gasteiger partial charge is 0.477 e. The van der Waals surface area contributed by atoms with Gasteiger partial charge in [0.1, 0.15) is 5.82 Å². The van der Waals surface area contributed by atoms with Crippen molar-refractivity contribution in [1.82, 2.24) is 23.7 Å². The summed E-state index contributed by atoms with van der Waals surface area (Å²) in [6.07, 6.45) is 1.52. The molecule has 0 unspecified atom stereocenters. The fourth-order valence-electron chi connectivity index (χ4n) is 4.69. The SMILES string of the molecule is Cc1ccc(Cn2c(-c3cccnc3OC[C@H]3CC3(F)F)nc3c2c(=O)n(CCCO)c(=O)n3C(C)C)cc1. The maximum atomic E-state index is 13.8. The summed E-state index contributed by atoms with van der Waals surface area (Å²) >= 11 is 0. The first kappa shape index (κ1) is 26.7. The van der Waals surface area contributed by atoms with Crippen LogP contribution in [-0.4, -0.2) is 47.9 Å². The zero-order valence-corrected chi connectivity index (χ0v) is 22.1. The maximum absolute atomic E-state index is 13.8. The molecule has 0 saturated heterocycles. The number of aromatic nitrogens is 5. The molecule has 1 fully saturated rings. The van der Waals surface area contributed by atoms with Gasteiger partial charge in [0.05, 0.1) is 18.1 Å². The maximum Gasteiger partial charge on any atom is 0.332 e. The molecule has 3 heterocycles. The Labute approximate surface area is 223 Å². The van der Waals surface area contributed by atoms with Crippen LogP contribution in [0.25, 0.3) is 22.6 Å². The fourth-order valence-corrected chi connectivity index (χ4v) is 4.69. The van der Waals surface area contributed by atoms with Crippen LogP contribution in [0, 0.1) is 12.8 Å². The average Bonchev–Trinajstić information content (AvgIpc) is 3.35. The smallest absolute Gasteiger partial charge is 0.332 e. The van der Waals surface area contributed by atoms with Crippen LogP contribution in [0.3, 0.4) is 0 Å². The average molecular weight is 540 g/mol. The molecule has 1 aliphatic rings. The van der Waals surface area contributed by atoms with Gasteiger partial charge in [-0.2, -0.15) is 0 Å². The summed E-state index contributed by atoms with van der Waals surface area (Å²) in [5.74, 6) is -3.15. The first-order chi connectivity index (χ1) is 18.6. The molecule has 0 aliphatic heterocycles. The van der Waals surface area contributed by atoms with Crippen LogP contribution in [0.4, 0.5) is 8.78 Å². The summed E-state index contributed by atoms with van der Waals surface area (Å²) in [7, 11) is 0. The Bertz CT molecular complexity index is 1620. The molecule has 0 bridgehead atoms. The van der Waals surface area contributed by atoms with E-state index in [9.17, 15) is 23.5 Å². The van der Waals surface area contributed by atoms with Gasteiger partial charge in [-0.25, -0.2) is 23.5 Å². The number of fused-ring (bicyclic) bond motifs is 1. The highest BCUT2D eigenvalue weighted by molar-refractivity contribution is 5.78. The number of ether oxygens (including phenoxy) is 1. The van der Waals surface area contributed by atoms with Gasteiger partial charge in [-0.15, -0.1) is 0 Å². The van der Waals surface area contributed by atoms with E-state index in [2.05, 4.69) is 4.98 Å². The Hall–Kier alpha value is -3.86. The summed E-state index contributed by atoms with van der Waals surface area (Å²) < 4.78 is 37.1. The monoisotopic (exact) mass is 539 g/mol. The third kappa shape index (κ3) is 5.10. The Morgan fingerprint density at radius 2 is 1.87 bits per heavy atom. The van der Waals surface area contributed by atoms with E-state index in [1.807, 2.05) is 45.0 Å². The molecule has 0 radical (unpaired) electrons. The molecule has 3 aromatic heterocycles. The van der Waals surface area contributed by atoms with Crippen LogP contribution in [-0.2, 0) is 13.1 Å². The Kier molecular flexibility index (Phi) is 7.11. The normalized spacial score (nSPS) is 16.2. The molecule has 11 heteroatoms. The van der Waals surface area contributed by atoms with E-state index in [1.165, 1.54) is 10.8 Å². The van der Waals surface area contributed by atoms with Gasteiger partial charge in [-0.3, -0.25) is 13.9 Å². The summed E-state index contributed by atoms with van der Waals surface area (Å²) in [5, 5.41) is 9.37. The number of pyridine rings is 1. The van der Waals surface area contributed by atoms with Gasteiger partial charge in [0.2, 0.25) is 5.88 Å². The highest BCUT2D eigenvalue weighted by Crippen LogP contribution is 2.48. The molecule has 206 valence electrons. The lowest BCUT2D eigenvalue weighted by molar-refractivity contribution is 0.0850. The van der Waals surface area contributed by atoms with Gasteiger partial charge in [-0.05, 0) is 44.9 Å². The minimum Gasteiger partial charge on any atom is -0.477 e. The predicted molar refractivity (Wildman–Crippen MR) is 142 cm³/mol. The zero-order chi connectivity index (χ0) is 27.9. The van der Waals surface area contributed by atoms with Crippen molar-refractivity contribution in [2.24, 2.45) is 5.92 Å². The van der Waals surface area contributed by atoms with E-state index in [4.69, 9.17) is 9.72 Å². The first-order valence-electron chi connectivity index (χ1n) is 13.0. The van der Waals surface area contributed by atoms with Crippen molar-refractivity contribution in [3.63, 3.8) is 0 Å². The molecule has 5 rings (SSSR count). The van der Waals surface area contributed by atoms with Gasteiger partial charge in [0.25, 0.3) is 11.5 Å². The molecule has 0 spiro atoms. The molecule has 39 heavy (non-hydrogen) atoms. The lowest BCUT2D eigenvalue weighted by Crippen LogP contribution is -2.41. The molecule has 1 aromatic carbocycles. The van der Waals surface area contributed by atoms with E-state index in [0.717, 1.165) is 15.7 Å². The van der Waals surface area contributed by atoms with E-state index in [1.54, 1.807) is 16.7 Å². The second-order valence-corrected chi connectivity index (χ2v) is 10.3. The van der Waals surface area contributed by atoms with Crippen LogP contribution >= 0.6 is 0 Å². The number of imidazole rings is 1. The topological polar surface area (TPSA) is 104 Å². The minimum absolute atomic E-state index is 0.0543. The number of hydrogen-bond donors (Lipinski definition) is 1. The van der Waals surface area contributed by atoms with Crippen molar-refractivity contribution < 1.29 is 18.6 Å². The number of benzene rings is 1. The number of hydrogen-bond acceptors (Lipinski definition) is 6. The van der Waals surface area contributed by atoms with Gasteiger partial charge in [0.15, 0.2) is 11.2 Å². The molecule has 4 aromatic rings. The number of aliphatic hydroxyl groups is 1. The van der Waals surface area contributed by atoms with Gasteiger partial charge < -0.3 is 14.4 Å². The minimum atomic E-state index is -2.74. The molecule has 1 aliphatic carbocycles. The van der Waals surface area contributed by atoms with Crippen molar-refractivity contribution >= 4 is 11.2 Å². The third-order valence-corrected chi connectivity index (χ3v) is 6.97. The number of rotatable bonds is 10. The number of nitrogens with zero attached hydrogens (tertiary/aromatic N) is 5. The number of alkyl halides is 2. The Morgan fingerprint density at radius 3 is 2.51 bits per heavy atom. The molecule has 1 saturated carbocycles. The molecule has 0 amide bonds. The van der Waals surface area contributed by atoms with Crippen LogP contribution in [0.15, 0.2) is 52.2 Å². The van der Waals surface area contributed by atoms with E-state index in [0.29, 0.717) is 11.4 Å². The lowest BCUT2D eigenvalue weighted by atomic mass is 10.1. The van der Waals surface area contributed by atoms with Crippen LogP contribution in [0.5, 0.6) is 5.88 Å². The van der Waals surface area contributed by atoms with Gasteiger partial charge >= 0.3 is 5.69 Å². The molecule has 9 nitrogen and oxygen atoms in total. The second-order valence-electron chi connectivity index (χ2n) is 10.3. The van der Waals surface area contributed by atoms with Crippen LogP contribution in [0.2, 0.25) is 0 Å². The fraction of sp³-hybridized carbons (Fsp3) is 0.429. The Morgan fingerprint density at radius 1 is 1.15 bits per heavy atom. The van der Waals surface area contributed by atoms with Crippen molar-refractivity contribution in [1.29, 1.82) is 0 Å².